The van der Waals surface area contributed by atoms with Crippen LogP contribution in [0.5, 0.6) is 0 Å². The molecule has 0 aromatic heterocycles. The van der Waals surface area contributed by atoms with E-state index in [0.29, 0.717) is 55.2 Å². The lowest BCUT2D eigenvalue weighted by Crippen LogP contribution is -1.94. The number of fused-ring (bicyclic) bond motifs is 6. The molecule has 65 heavy (non-hydrogen) atoms. The monoisotopic (exact) mass is 1060 g/mol. The lowest BCUT2D eigenvalue weighted by Gasteiger charge is -2.21. The molecule has 0 radical (unpaired) electrons. The van der Waals surface area contributed by atoms with E-state index in [9.17, 15) is 0 Å². The average molecular weight is 1060 g/mol. The maximum Gasteiger partial charge on any atom is 0.0426 e. The highest BCUT2D eigenvalue weighted by molar-refractivity contribution is 6.39. The van der Waals surface area contributed by atoms with E-state index in [4.69, 9.17) is 128 Å². The molecule has 11 heteroatoms. The fraction of sp³-hybridized carbons (Fsp3) is 0. The largest absolute Gasteiger partial charge is 0.0843 e. The minimum atomic E-state index is 0.482. The predicted molar refractivity (Wildman–Crippen MR) is 287 cm³/mol. The second kappa shape index (κ2) is 18.0. The van der Waals surface area contributed by atoms with Crippen molar-refractivity contribution in [2.75, 3.05) is 0 Å². The molecule has 0 amide bonds. The highest BCUT2D eigenvalue weighted by Gasteiger charge is 2.22. The minimum Gasteiger partial charge on any atom is -0.0843 e. The van der Waals surface area contributed by atoms with Gasteiger partial charge in [-0.15, -0.1) is 0 Å². The molecule has 0 saturated carbocycles. The number of rotatable bonds is 6. The van der Waals surface area contributed by atoms with Gasteiger partial charge in [-0.05, 0) is 239 Å². The molecular formula is C54H25Cl11. The van der Waals surface area contributed by atoms with Gasteiger partial charge in [-0.3, -0.25) is 0 Å². The van der Waals surface area contributed by atoms with E-state index in [1.165, 1.54) is 0 Å². The zero-order valence-electron chi connectivity index (χ0n) is 33.1. The van der Waals surface area contributed by atoms with E-state index in [2.05, 4.69) is 36.4 Å². The first-order valence-electron chi connectivity index (χ1n) is 19.8. The second-order valence-corrected chi connectivity index (χ2v) is 20.4. The summed E-state index contributed by atoms with van der Waals surface area (Å²) >= 11 is 73.8. The van der Waals surface area contributed by atoms with Crippen LogP contribution >= 0.6 is 128 Å². The van der Waals surface area contributed by atoms with Crippen molar-refractivity contribution < 1.29 is 0 Å². The quantitative estimate of drug-likeness (QED) is 0.146. The van der Waals surface area contributed by atoms with Gasteiger partial charge in [0.05, 0.1) is 0 Å². The Hall–Kier alpha value is -3.83. The van der Waals surface area contributed by atoms with E-state index >= 15 is 0 Å². The van der Waals surface area contributed by atoms with Crippen LogP contribution in [-0.4, -0.2) is 0 Å². The predicted octanol–water partition coefficient (Wildman–Crippen LogP) is 22.3. The molecule has 318 valence electrons. The number of hydrogen-bond acceptors (Lipinski definition) is 0. The number of benzene rings is 10. The first-order chi connectivity index (χ1) is 31.1. The number of halogens is 11. The van der Waals surface area contributed by atoms with Crippen molar-refractivity contribution in [3.63, 3.8) is 0 Å². The van der Waals surface area contributed by atoms with Crippen LogP contribution < -0.4 is 0 Å². The summed E-state index contributed by atoms with van der Waals surface area (Å²) in [6.07, 6.45) is 0. The van der Waals surface area contributed by atoms with Crippen LogP contribution in [0.4, 0.5) is 0 Å². The molecule has 0 aliphatic carbocycles. The standard InChI is InChI=1S/C54H25Cl11/c55-32-3-1-26(2-4-32)43-20-49-50(21-44(43)27-5-33(56)15-34(57)6-27)52-23-46(29-9-37(60)17-38(61)10-29)48(31-13-41(64)19-42(65)14-31)25-54(52)53-24-47(30-11-39(62)18-40(63)12-30)45(22-51(49)53)28-7-35(58)16-36(59)8-28/h1-25H. The summed E-state index contributed by atoms with van der Waals surface area (Å²) in [5.74, 6) is 0. The second-order valence-electron chi connectivity index (χ2n) is 15.6. The molecule has 0 aliphatic heterocycles. The Morgan fingerprint density at radius 1 is 0.154 bits per heavy atom. The molecule has 0 heterocycles. The smallest absolute Gasteiger partial charge is 0.0426 e. The van der Waals surface area contributed by atoms with E-state index in [1.807, 2.05) is 84.9 Å². The minimum absolute atomic E-state index is 0.482. The van der Waals surface area contributed by atoms with Gasteiger partial charge in [-0.2, -0.15) is 0 Å². The van der Waals surface area contributed by atoms with Crippen molar-refractivity contribution in [2.45, 2.75) is 0 Å². The highest BCUT2D eigenvalue weighted by Crippen LogP contribution is 2.50. The topological polar surface area (TPSA) is 0 Å². The van der Waals surface area contributed by atoms with Crippen molar-refractivity contribution in [1.29, 1.82) is 0 Å². The molecule has 0 aliphatic rings. The Kier molecular flexibility index (Phi) is 12.5. The summed E-state index contributed by atoms with van der Waals surface area (Å²) in [5, 5.41) is 11.1. The third-order valence-corrected chi connectivity index (χ3v) is 13.8. The molecule has 10 rings (SSSR count). The van der Waals surface area contributed by atoms with Crippen LogP contribution in [0.25, 0.3) is 99.1 Å². The third kappa shape index (κ3) is 9.03. The maximum absolute atomic E-state index is 6.73. The van der Waals surface area contributed by atoms with Crippen LogP contribution in [0.2, 0.25) is 55.2 Å². The number of hydrogen-bond donors (Lipinski definition) is 0. The molecule has 0 fully saturated rings. The van der Waals surface area contributed by atoms with Gasteiger partial charge in [0.1, 0.15) is 0 Å². The molecule has 0 spiro atoms. The molecule has 0 saturated heterocycles. The Labute approximate surface area is 429 Å². The van der Waals surface area contributed by atoms with Gasteiger partial charge in [-0.25, -0.2) is 0 Å². The highest BCUT2D eigenvalue weighted by atomic mass is 35.5. The summed E-state index contributed by atoms with van der Waals surface area (Å²) in [6, 6.07) is 48.5. The third-order valence-electron chi connectivity index (χ3n) is 11.4. The fourth-order valence-corrected chi connectivity index (χ4v) is 11.5. The summed E-state index contributed by atoms with van der Waals surface area (Å²) in [5.41, 5.74) is 10.2. The molecule has 10 aromatic rings. The van der Waals surface area contributed by atoms with Gasteiger partial charge >= 0.3 is 0 Å². The normalized spacial score (nSPS) is 11.6. The SMILES string of the molecule is Clc1ccc(-c2cc3c(cc2-c2cc(Cl)cc(Cl)c2)c2cc(-c4cc(Cl)cc(Cl)c4)c(-c4cc(Cl)cc(Cl)c4)cc2c2cc(-c4cc(Cl)cc(Cl)c4)c(-c4cc(Cl)cc(Cl)c4)cc32)cc1. The lowest BCUT2D eigenvalue weighted by molar-refractivity contribution is 1.59. The van der Waals surface area contributed by atoms with E-state index in [0.717, 1.165) is 99.1 Å². The van der Waals surface area contributed by atoms with E-state index in [1.54, 1.807) is 30.3 Å². The van der Waals surface area contributed by atoms with Crippen LogP contribution in [0.1, 0.15) is 0 Å². The maximum atomic E-state index is 6.73. The van der Waals surface area contributed by atoms with E-state index < -0.39 is 0 Å². The van der Waals surface area contributed by atoms with Crippen molar-refractivity contribution >= 4 is 160 Å². The summed E-state index contributed by atoms with van der Waals surface area (Å²) in [7, 11) is 0. The van der Waals surface area contributed by atoms with Crippen LogP contribution in [-0.2, 0) is 0 Å². The van der Waals surface area contributed by atoms with Crippen molar-refractivity contribution in [3.8, 4) is 66.8 Å². The Morgan fingerprint density at radius 3 is 0.508 bits per heavy atom. The molecule has 0 N–H and O–H groups in total. The average Bonchev–Trinajstić information content (AvgIpc) is 3.24. The summed E-state index contributed by atoms with van der Waals surface area (Å²) in [4.78, 5) is 0. The van der Waals surface area contributed by atoms with Crippen LogP contribution in [0, 0.1) is 0 Å². The van der Waals surface area contributed by atoms with Gasteiger partial charge in [0.25, 0.3) is 0 Å². The first-order valence-corrected chi connectivity index (χ1v) is 23.9. The molecule has 10 aromatic carbocycles. The Bertz CT molecular complexity index is 3430. The fourth-order valence-electron chi connectivity index (χ4n) is 8.75. The van der Waals surface area contributed by atoms with Gasteiger partial charge in [0.2, 0.25) is 0 Å². The van der Waals surface area contributed by atoms with Gasteiger partial charge in [0.15, 0.2) is 0 Å². The Morgan fingerprint density at radius 2 is 0.323 bits per heavy atom. The van der Waals surface area contributed by atoms with Crippen molar-refractivity contribution in [3.05, 3.63) is 207 Å². The Balaban J connectivity index is 1.46. The first kappa shape index (κ1) is 45.0. The van der Waals surface area contributed by atoms with Gasteiger partial charge < -0.3 is 0 Å². The molecule has 0 nitrogen and oxygen atoms in total. The van der Waals surface area contributed by atoms with Crippen molar-refractivity contribution in [1.82, 2.24) is 0 Å². The van der Waals surface area contributed by atoms with Crippen LogP contribution in [0.3, 0.4) is 0 Å². The van der Waals surface area contributed by atoms with Gasteiger partial charge in [-0.1, -0.05) is 140 Å². The lowest BCUT2D eigenvalue weighted by atomic mass is 9.82. The zero-order valence-corrected chi connectivity index (χ0v) is 41.4. The molecule has 0 unspecified atom stereocenters. The zero-order chi connectivity index (χ0) is 45.4. The molecular weight excluding hydrogens is 1040 g/mol. The molecule has 0 bridgehead atoms. The van der Waals surface area contributed by atoms with Crippen LogP contribution in [0.15, 0.2) is 152 Å². The van der Waals surface area contributed by atoms with Gasteiger partial charge in [0, 0.05) is 55.2 Å². The van der Waals surface area contributed by atoms with E-state index in [-0.39, 0.29) is 0 Å². The summed E-state index contributed by atoms with van der Waals surface area (Å²) < 4.78 is 0. The summed E-state index contributed by atoms with van der Waals surface area (Å²) in [6.45, 7) is 0. The van der Waals surface area contributed by atoms with Crippen molar-refractivity contribution in [2.24, 2.45) is 0 Å². The molecule has 0 atom stereocenters.